The largest absolute Gasteiger partial charge is 0.302 e. The first-order chi connectivity index (χ1) is 7.93. The van der Waals surface area contributed by atoms with Crippen LogP contribution in [0.15, 0.2) is 34.1 Å². The SMILES string of the molecule is CCN(CC)S(=O)(=O)c1cccc(S(=O)O)c1. The molecule has 0 heterocycles. The summed E-state index contributed by atoms with van der Waals surface area (Å²) in [5.41, 5.74) is 0. The quantitative estimate of drug-likeness (QED) is 0.823. The summed E-state index contributed by atoms with van der Waals surface area (Å²) in [6.45, 7) is 4.22. The first-order valence-electron chi connectivity index (χ1n) is 5.14. The van der Waals surface area contributed by atoms with E-state index in [1.54, 1.807) is 13.8 Å². The monoisotopic (exact) mass is 277 g/mol. The highest BCUT2D eigenvalue weighted by Gasteiger charge is 2.22. The van der Waals surface area contributed by atoms with Crippen molar-refractivity contribution in [3.8, 4) is 0 Å². The Morgan fingerprint density at radius 1 is 1.29 bits per heavy atom. The van der Waals surface area contributed by atoms with Gasteiger partial charge in [-0.05, 0) is 18.2 Å². The maximum atomic E-state index is 12.1. The van der Waals surface area contributed by atoms with Crippen LogP contribution in [0.1, 0.15) is 13.8 Å². The molecule has 7 heteroatoms. The van der Waals surface area contributed by atoms with Gasteiger partial charge >= 0.3 is 0 Å². The van der Waals surface area contributed by atoms with E-state index in [1.807, 2.05) is 0 Å². The van der Waals surface area contributed by atoms with Crippen LogP contribution < -0.4 is 0 Å². The molecule has 0 amide bonds. The Morgan fingerprint density at radius 2 is 1.88 bits per heavy atom. The first-order valence-corrected chi connectivity index (χ1v) is 7.69. The molecule has 1 N–H and O–H groups in total. The normalized spacial score (nSPS) is 13.9. The van der Waals surface area contributed by atoms with Crippen molar-refractivity contribution in [3.63, 3.8) is 0 Å². The maximum Gasteiger partial charge on any atom is 0.243 e. The van der Waals surface area contributed by atoms with Gasteiger partial charge in [0.25, 0.3) is 0 Å². The molecule has 0 spiro atoms. The summed E-state index contributed by atoms with van der Waals surface area (Å²) < 4.78 is 45.3. The second kappa shape index (κ2) is 5.72. The lowest BCUT2D eigenvalue weighted by Crippen LogP contribution is -2.30. The van der Waals surface area contributed by atoms with E-state index in [4.69, 9.17) is 4.55 Å². The van der Waals surface area contributed by atoms with Crippen LogP contribution in [0.4, 0.5) is 0 Å². The Balaban J connectivity index is 3.24. The van der Waals surface area contributed by atoms with Crippen LogP contribution in [0.5, 0.6) is 0 Å². The number of hydrogen-bond acceptors (Lipinski definition) is 3. The molecule has 0 bridgehead atoms. The lowest BCUT2D eigenvalue weighted by Gasteiger charge is -2.18. The van der Waals surface area contributed by atoms with Gasteiger partial charge in [0, 0.05) is 13.1 Å². The van der Waals surface area contributed by atoms with E-state index in [9.17, 15) is 12.6 Å². The fourth-order valence-electron chi connectivity index (χ4n) is 1.46. The van der Waals surface area contributed by atoms with Crippen LogP contribution in [0.3, 0.4) is 0 Å². The number of rotatable bonds is 5. The van der Waals surface area contributed by atoms with Crippen LogP contribution >= 0.6 is 0 Å². The summed E-state index contributed by atoms with van der Waals surface area (Å²) in [5, 5.41) is 0. The van der Waals surface area contributed by atoms with Gasteiger partial charge in [-0.1, -0.05) is 19.9 Å². The van der Waals surface area contributed by atoms with E-state index in [0.29, 0.717) is 13.1 Å². The summed E-state index contributed by atoms with van der Waals surface area (Å²) >= 11 is -2.17. The second-order valence-electron chi connectivity index (χ2n) is 3.31. The zero-order valence-electron chi connectivity index (χ0n) is 9.66. The minimum Gasteiger partial charge on any atom is -0.302 e. The molecule has 1 atom stereocenters. The van der Waals surface area contributed by atoms with Crippen LogP contribution in [0.2, 0.25) is 0 Å². The molecule has 0 fully saturated rings. The van der Waals surface area contributed by atoms with Gasteiger partial charge in [0.1, 0.15) is 0 Å². The minimum atomic E-state index is -3.57. The summed E-state index contributed by atoms with van der Waals surface area (Å²) in [6.07, 6.45) is 0. The standard InChI is InChI=1S/C10H15NO4S2/c1-3-11(4-2)17(14,15)10-7-5-6-9(8-10)16(12)13/h5-8H,3-4H2,1-2H3,(H,12,13). The Kier molecular flexibility index (Phi) is 4.81. The van der Waals surface area contributed by atoms with Crippen LogP contribution in [0.25, 0.3) is 0 Å². The average Bonchev–Trinajstić information content (AvgIpc) is 2.30. The molecule has 0 saturated heterocycles. The molecule has 0 aliphatic carbocycles. The first kappa shape index (κ1) is 14.3. The molecule has 96 valence electrons. The molecule has 1 unspecified atom stereocenters. The fraction of sp³-hybridized carbons (Fsp3) is 0.400. The fourth-order valence-corrected chi connectivity index (χ4v) is 3.46. The van der Waals surface area contributed by atoms with E-state index >= 15 is 0 Å². The molecule has 1 aromatic carbocycles. The van der Waals surface area contributed by atoms with Gasteiger partial charge in [-0.2, -0.15) is 4.31 Å². The molecule has 17 heavy (non-hydrogen) atoms. The van der Waals surface area contributed by atoms with Gasteiger partial charge in [-0.15, -0.1) is 0 Å². The third-order valence-electron chi connectivity index (χ3n) is 2.35. The van der Waals surface area contributed by atoms with E-state index < -0.39 is 21.1 Å². The number of nitrogens with zero attached hydrogens (tertiary/aromatic N) is 1. The van der Waals surface area contributed by atoms with Crippen molar-refractivity contribution in [2.45, 2.75) is 23.6 Å². The van der Waals surface area contributed by atoms with Crippen molar-refractivity contribution in [2.75, 3.05) is 13.1 Å². The molecule has 5 nitrogen and oxygen atoms in total. The van der Waals surface area contributed by atoms with Crippen molar-refractivity contribution in [1.82, 2.24) is 4.31 Å². The van der Waals surface area contributed by atoms with Crippen LogP contribution in [0, 0.1) is 0 Å². The van der Waals surface area contributed by atoms with E-state index in [0.717, 1.165) is 0 Å². The van der Waals surface area contributed by atoms with E-state index in [2.05, 4.69) is 0 Å². The van der Waals surface area contributed by atoms with Crippen molar-refractivity contribution in [3.05, 3.63) is 24.3 Å². The number of sulfonamides is 1. The van der Waals surface area contributed by atoms with Gasteiger partial charge in [-0.25, -0.2) is 12.6 Å². The average molecular weight is 277 g/mol. The van der Waals surface area contributed by atoms with Gasteiger partial charge in [0.2, 0.25) is 10.0 Å². The van der Waals surface area contributed by atoms with Crippen molar-refractivity contribution in [1.29, 1.82) is 0 Å². The van der Waals surface area contributed by atoms with Gasteiger partial charge < -0.3 is 4.55 Å². The van der Waals surface area contributed by atoms with E-state index in [-0.39, 0.29) is 9.79 Å². The zero-order valence-corrected chi connectivity index (χ0v) is 11.3. The van der Waals surface area contributed by atoms with E-state index in [1.165, 1.54) is 28.6 Å². The van der Waals surface area contributed by atoms with Crippen molar-refractivity contribution in [2.24, 2.45) is 0 Å². The molecular weight excluding hydrogens is 262 g/mol. The number of hydrogen-bond donors (Lipinski definition) is 1. The number of benzene rings is 1. The third kappa shape index (κ3) is 3.12. The highest BCUT2D eigenvalue weighted by molar-refractivity contribution is 7.89. The molecule has 1 aromatic rings. The predicted octanol–water partition coefficient (Wildman–Crippen LogP) is 1.30. The lowest BCUT2D eigenvalue weighted by atomic mass is 10.4. The highest BCUT2D eigenvalue weighted by Crippen LogP contribution is 2.18. The summed E-state index contributed by atoms with van der Waals surface area (Å²) in [7, 11) is -3.57. The second-order valence-corrected chi connectivity index (χ2v) is 6.22. The predicted molar refractivity (Wildman–Crippen MR) is 65.6 cm³/mol. The minimum absolute atomic E-state index is 0.0427. The zero-order chi connectivity index (χ0) is 13.1. The smallest absolute Gasteiger partial charge is 0.243 e. The van der Waals surface area contributed by atoms with Crippen LogP contribution in [-0.4, -0.2) is 34.6 Å². The van der Waals surface area contributed by atoms with Crippen LogP contribution in [-0.2, 0) is 21.1 Å². The maximum absolute atomic E-state index is 12.1. The third-order valence-corrected chi connectivity index (χ3v) is 5.05. The van der Waals surface area contributed by atoms with Crippen molar-refractivity contribution < 1.29 is 17.2 Å². The summed E-state index contributed by atoms with van der Waals surface area (Å²) in [6, 6.07) is 5.52. The van der Waals surface area contributed by atoms with Gasteiger partial charge in [-0.3, -0.25) is 0 Å². The van der Waals surface area contributed by atoms with Crippen molar-refractivity contribution >= 4 is 21.1 Å². The summed E-state index contributed by atoms with van der Waals surface area (Å²) in [5.74, 6) is 0. The molecule has 0 aromatic heterocycles. The van der Waals surface area contributed by atoms with Gasteiger partial charge in [0.15, 0.2) is 11.1 Å². The topological polar surface area (TPSA) is 74.7 Å². The molecule has 1 rings (SSSR count). The molecular formula is C10H15NO4S2. The Bertz CT molecular complexity index is 509. The Hall–Kier alpha value is -0.760. The Morgan fingerprint density at radius 3 is 2.35 bits per heavy atom. The molecule has 0 saturated carbocycles. The molecule has 0 aliphatic heterocycles. The lowest BCUT2D eigenvalue weighted by molar-refractivity contribution is 0.445. The molecule has 0 radical (unpaired) electrons. The molecule has 0 aliphatic rings. The highest BCUT2D eigenvalue weighted by atomic mass is 32.2. The Labute approximate surface area is 104 Å². The van der Waals surface area contributed by atoms with Gasteiger partial charge in [0.05, 0.1) is 9.79 Å². The summed E-state index contributed by atoms with van der Waals surface area (Å²) in [4.78, 5) is 0.124.